The van der Waals surface area contributed by atoms with Gasteiger partial charge in [0.1, 0.15) is 9.84 Å². The Labute approximate surface area is 93.1 Å². The average Bonchev–Trinajstić information content (AvgIpc) is 2.11. The van der Waals surface area contributed by atoms with E-state index in [1.807, 2.05) is 6.07 Å². The van der Waals surface area contributed by atoms with Crippen LogP contribution in [-0.2, 0) is 20.6 Å². The summed E-state index contributed by atoms with van der Waals surface area (Å²) >= 11 is 0. The summed E-state index contributed by atoms with van der Waals surface area (Å²) < 4.78 is 30.6. The van der Waals surface area contributed by atoms with Crippen LogP contribution in [0, 0.1) is 22.7 Å². The lowest BCUT2D eigenvalue weighted by Crippen LogP contribution is -2.00. The van der Waals surface area contributed by atoms with Crippen molar-refractivity contribution in [2.24, 2.45) is 0 Å². The molecular weight excluding hydrogens is 236 g/mol. The Hall–Kier alpha value is -0.920. The van der Waals surface area contributed by atoms with E-state index >= 15 is 0 Å². The lowest BCUT2D eigenvalue weighted by Gasteiger charge is -1.85. The van der Waals surface area contributed by atoms with Crippen LogP contribution in [-0.4, -0.2) is 36.6 Å². The van der Waals surface area contributed by atoms with Gasteiger partial charge in [-0.05, 0) is 0 Å². The first-order chi connectivity index (χ1) is 6.83. The van der Waals surface area contributed by atoms with Gasteiger partial charge in [-0.3, -0.25) is 4.21 Å². The number of sulfone groups is 1. The fourth-order valence-corrected chi connectivity index (χ4v) is 1.26. The second-order valence-corrected chi connectivity index (χ2v) is 6.54. The molecule has 0 saturated heterocycles. The van der Waals surface area contributed by atoms with Gasteiger partial charge < -0.3 is 0 Å². The third-order valence-corrected chi connectivity index (χ3v) is 2.81. The van der Waals surface area contributed by atoms with Gasteiger partial charge in [0.15, 0.2) is 0 Å². The van der Waals surface area contributed by atoms with Crippen molar-refractivity contribution in [1.82, 2.24) is 0 Å². The molecule has 0 bridgehead atoms. The van der Waals surface area contributed by atoms with Crippen LogP contribution >= 0.6 is 0 Å². The zero-order valence-electron chi connectivity index (χ0n) is 8.76. The largest absolute Gasteiger partial charge is 0.260 e. The zero-order valence-corrected chi connectivity index (χ0v) is 10.4. The standard InChI is InChI=1S/C4H7NO2S.C4H7NOS/c1-8(6,7)4-2-3-5;1-7(6)4-2-3-5/h2,4H2,1H3;2,4H2,1H3. The zero-order chi connectivity index (χ0) is 12.3. The molecule has 0 aromatic heterocycles. The molecule has 0 aromatic carbocycles. The fourth-order valence-electron chi connectivity index (χ4n) is 0.420. The van der Waals surface area contributed by atoms with Crippen LogP contribution in [0.4, 0.5) is 0 Å². The summed E-state index contributed by atoms with van der Waals surface area (Å²) in [6.45, 7) is 0. The summed E-state index contributed by atoms with van der Waals surface area (Å²) in [5.74, 6) is 0.486. The predicted octanol–water partition coefficient (Wildman–Crippen LogP) is 0.223. The van der Waals surface area contributed by atoms with Crippen molar-refractivity contribution in [3.63, 3.8) is 0 Å². The minimum absolute atomic E-state index is 0.0243. The lowest BCUT2D eigenvalue weighted by molar-refractivity contribution is 0.601. The Kier molecular flexibility index (Phi) is 10.6. The molecule has 1 unspecified atom stereocenters. The molecular formula is C8H14N2O3S2. The maximum absolute atomic E-state index is 10.2. The Bertz CT molecular complexity index is 362. The molecule has 0 N–H and O–H groups in total. The Morgan fingerprint density at radius 2 is 1.67 bits per heavy atom. The molecule has 15 heavy (non-hydrogen) atoms. The average molecular weight is 250 g/mol. The highest BCUT2D eigenvalue weighted by molar-refractivity contribution is 7.90. The second-order valence-electron chi connectivity index (χ2n) is 2.72. The van der Waals surface area contributed by atoms with E-state index in [1.54, 1.807) is 12.3 Å². The fraction of sp³-hybridized carbons (Fsp3) is 0.750. The Morgan fingerprint density at radius 3 is 1.80 bits per heavy atom. The maximum atomic E-state index is 10.2. The highest BCUT2D eigenvalue weighted by Crippen LogP contribution is 1.84. The molecule has 0 aliphatic carbocycles. The van der Waals surface area contributed by atoms with E-state index in [0.717, 1.165) is 6.26 Å². The molecule has 1 atom stereocenters. The summed E-state index contributed by atoms with van der Waals surface area (Å²) in [5.41, 5.74) is 0. The van der Waals surface area contributed by atoms with Crippen molar-refractivity contribution < 1.29 is 12.6 Å². The molecule has 0 radical (unpaired) electrons. The number of rotatable bonds is 4. The predicted molar refractivity (Wildman–Crippen MR) is 59.1 cm³/mol. The van der Waals surface area contributed by atoms with Crippen molar-refractivity contribution in [3.8, 4) is 12.1 Å². The van der Waals surface area contributed by atoms with Crippen molar-refractivity contribution >= 4 is 20.6 Å². The highest BCUT2D eigenvalue weighted by atomic mass is 32.2. The van der Waals surface area contributed by atoms with Crippen molar-refractivity contribution in [3.05, 3.63) is 0 Å². The van der Waals surface area contributed by atoms with Gasteiger partial charge in [0.2, 0.25) is 0 Å². The first kappa shape index (κ1) is 16.5. The molecule has 0 heterocycles. The second kappa shape index (κ2) is 9.63. The van der Waals surface area contributed by atoms with Gasteiger partial charge in [-0.25, -0.2) is 8.42 Å². The minimum atomic E-state index is -2.91. The van der Waals surface area contributed by atoms with Crippen LogP contribution in [0.1, 0.15) is 12.8 Å². The van der Waals surface area contributed by atoms with E-state index in [0.29, 0.717) is 12.2 Å². The summed E-state index contributed by atoms with van der Waals surface area (Å²) in [7, 11) is -3.70. The molecule has 0 aliphatic heterocycles. The molecule has 7 heteroatoms. The van der Waals surface area contributed by atoms with Crippen LogP contribution in [0.15, 0.2) is 0 Å². The SMILES string of the molecule is CS(=O)(=O)CCC#N.CS(=O)CCC#N. The van der Waals surface area contributed by atoms with Gasteiger partial charge in [0.25, 0.3) is 0 Å². The smallest absolute Gasteiger partial charge is 0.148 e. The van der Waals surface area contributed by atoms with Gasteiger partial charge in [0, 0.05) is 41.9 Å². The van der Waals surface area contributed by atoms with Crippen molar-refractivity contribution in [2.75, 3.05) is 24.0 Å². The summed E-state index contributed by atoms with van der Waals surface area (Å²) in [4.78, 5) is 0. The molecule has 0 fully saturated rings. The van der Waals surface area contributed by atoms with Gasteiger partial charge in [0.05, 0.1) is 17.9 Å². The van der Waals surface area contributed by atoms with E-state index < -0.39 is 20.6 Å². The molecule has 0 aromatic rings. The van der Waals surface area contributed by atoms with Crippen LogP contribution < -0.4 is 0 Å². The normalized spacial score (nSPS) is 11.5. The minimum Gasteiger partial charge on any atom is -0.260 e. The molecule has 0 rings (SSSR count). The third kappa shape index (κ3) is 24.6. The maximum Gasteiger partial charge on any atom is 0.148 e. The number of hydrogen-bond donors (Lipinski definition) is 0. The Balaban J connectivity index is 0. The van der Waals surface area contributed by atoms with Crippen LogP contribution in [0.25, 0.3) is 0 Å². The molecule has 0 saturated carbocycles. The number of nitrogens with zero attached hydrogens (tertiary/aromatic N) is 2. The van der Waals surface area contributed by atoms with Gasteiger partial charge in [-0.1, -0.05) is 0 Å². The molecule has 0 aliphatic rings. The van der Waals surface area contributed by atoms with Crippen molar-refractivity contribution in [2.45, 2.75) is 12.8 Å². The summed E-state index contributed by atoms with van der Waals surface area (Å²) in [6, 6.07) is 3.65. The number of nitriles is 2. The van der Waals surface area contributed by atoms with Gasteiger partial charge in [-0.2, -0.15) is 10.5 Å². The topological polar surface area (TPSA) is 98.8 Å². The molecule has 86 valence electrons. The number of hydrogen-bond acceptors (Lipinski definition) is 5. The Morgan fingerprint density at radius 1 is 1.20 bits per heavy atom. The van der Waals surface area contributed by atoms with Gasteiger partial charge >= 0.3 is 0 Å². The first-order valence-electron chi connectivity index (χ1n) is 4.05. The molecule has 5 nitrogen and oxygen atoms in total. The van der Waals surface area contributed by atoms with E-state index in [1.165, 1.54) is 0 Å². The van der Waals surface area contributed by atoms with Crippen molar-refractivity contribution in [1.29, 1.82) is 10.5 Å². The first-order valence-corrected chi connectivity index (χ1v) is 7.84. The monoisotopic (exact) mass is 250 g/mol. The van der Waals surface area contributed by atoms with E-state index in [2.05, 4.69) is 0 Å². The molecule has 0 amide bonds. The van der Waals surface area contributed by atoms with Crippen LogP contribution in [0.3, 0.4) is 0 Å². The molecule has 0 spiro atoms. The van der Waals surface area contributed by atoms with Gasteiger partial charge in [-0.15, -0.1) is 0 Å². The van der Waals surface area contributed by atoms with E-state index in [-0.39, 0.29) is 12.2 Å². The van der Waals surface area contributed by atoms with E-state index in [4.69, 9.17) is 10.5 Å². The van der Waals surface area contributed by atoms with Crippen LogP contribution in [0.5, 0.6) is 0 Å². The third-order valence-electron chi connectivity index (χ3n) is 1.09. The highest BCUT2D eigenvalue weighted by Gasteiger charge is 1.98. The summed E-state index contributed by atoms with van der Waals surface area (Å²) in [6.07, 6.45) is 3.21. The summed E-state index contributed by atoms with van der Waals surface area (Å²) in [5, 5.41) is 15.8. The van der Waals surface area contributed by atoms with E-state index in [9.17, 15) is 12.6 Å². The lowest BCUT2D eigenvalue weighted by atomic mass is 10.6. The quantitative estimate of drug-likeness (QED) is 0.710. The van der Waals surface area contributed by atoms with Crippen LogP contribution in [0.2, 0.25) is 0 Å².